The second-order valence-electron chi connectivity index (χ2n) is 3.02. The van der Waals surface area contributed by atoms with Crippen LogP contribution in [0.1, 0.15) is 19.8 Å². The number of hydrogen-bond donors (Lipinski definition) is 0. The van der Waals surface area contributed by atoms with Crippen LogP contribution < -0.4 is 0 Å². The van der Waals surface area contributed by atoms with Crippen molar-refractivity contribution >= 4 is 19.7 Å². The van der Waals surface area contributed by atoms with Crippen molar-refractivity contribution in [3.05, 3.63) is 10.3 Å². The Kier molecular flexibility index (Phi) is 2.82. The van der Waals surface area contributed by atoms with Crippen LogP contribution in [0, 0.1) is 0 Å². The number of allylic oxidation sites excluding steroid dienone is 1. The van der Waals surface area contributed by atoms with Crippen LogP contribution in [0.5, 0.6) is 0 Å². The fourth-order valence-corrected chi connectivity index (χ4v) is 5.40. The van der Waals surface area contributed by atoms with Crippen molar-refractivity contribution in [1.29, 1.82) is 0 Å². The summed E-state index contributed by atoms with van der Waals surface area (Å²) in [6.07, 6.45) is 0.960. The van der Waals surface area contributed by atoms with E-state index in [1.807, 2.05) is 6.92 Å². The highest BCUT2D eigenvalue weighted by molar-refractivity contribution is 8.01. The van der Waals surface area contributed by atoms with Gasteiger partial charge in [0.1, 0.15) is 0 Å². The third-order valence-corrected chi connectivity index (χ3v) is 5.53. The first-order valence-corrected chi connectivity index (χ1v) is 7.40. The van der Waals surface area contributed by atoms with E-state index in [9.17, 15) is 16.8 Å². The largest absolute Gasteiger partial charge is 0.224 e. The summed E-state index contributed by atoms with van der Waals surface area (Å²) in [7, 11) is -6.54. The highest BCUT2D eigenvalue weighted by Gasteiger charge is 2.27. The van der Waals surface area contributed by atoms with Gasteiger partial charge in [0.25, 0.3) is 0 Å². The molecule has 1 aliphatic heterocycles. The average Bonchev–Trinajstić information content (AvgIpc) is 1.99. The van der Waals surface area contributed by atoms with Crippen LogP contribution >= 0.6 is 0 Å². The number of sulfone groups is 2. The van der Waals surface area contributed by atoms with Gasteiger partial charge >= 0.3 is 0 Å². The molecule has 0 unspecified atom stereocenters. The predicted octanol–water partition coefficient (Wildman–Crippen LogP) is 0.471. The molecule has 0 saturated heterocycles. The van der Waals surface area contributed by atoms with Gasteiger partial charge in [0, 0.05) is 5.41 Å². The van der Waals surface area contributed by atoms with E-state index < -0.39 is 19.7 Å². The van der Waals surface area contributed by atoms with Gasteiger partial charge in [-0.05, 0) is 6.42 Å². The van der Waals surface area contributed by atoms with E-state index in [2.05, 4.69) is 0 Å². The Morgan fingerprint density at radius 2 is 1.85 bits per heavy atom. The van der Waals surface area contributed by atoms with Crippen LogP contribution in [-0.4, -0.2) is 28.3 Å². The van der Waals surface area contributed by atoms with E-state index in [-0.39, 0.29) is 16.4 Å². The smallest absolute Gasteiger partial charge is 0.176 e. The van der Waals surface area contributed by atoms with Crippen molar-refractivity contribution in [2.24, 2.45) is 0 Å². The molecular weight excluding hydrogens is 212 g/mol. The maximum atomic E-state index is 11.3. The summed E-state index contributed by atoms with van der Waals surface area (Å²) in [6, 6.07) is 0. The van der Waals surface area contributed by atoms with Gasteiger partial charge in [0.15, 0.2) is 19.7 Å². The van der Waals surface area contributed by atoms with E-state index in [4.69, 9.17) is 0 Å². The lowest BCUT2D eigenvalue weighted by Crippen LogP contribution is -2.23. The molecule has 6 heteroatoms. The molecule has 4 nitrogen and oxygen atoms in total. The Labute approximate surface area is 78.5 Å². The zero-order valence-electron chi connectivity index (χ0n) is 7.36. The summed E-state index contributed by atoms with van der Waals surface area (Å²) in [5.41, 5.74) is 0. The van der Waals surface area contributed by atoms with E-state index in [1.54, 1.807) is 0 Å². The van der Waals surface area contributed by atoms with Crippen molar-refractivity contribution in [2.45, 2.75) is 19.8 Å². The van der Waals surface area contributed by atoms with Gasteiger partial charge in [-0.25, -0.2) is 16.8 Å². The Hall–Kier alpha value is -0.360. The molecule has 0 fully saturated rings. The van der Waals surface area contributed by atoms with Gasteiger partial charge in [0.05, 0.1) is 16.4 Å². The van der Waals surface area contributed by atoms with Crippen LogP contribution in [0.4, 0.5) is 0 Å². The third kappa shape index (κ3) is 2.54. The fraction of sp³-hybridized carbons (Fsp3) is 0.714. The van der Waals surface area contributed by atoms with Crippen LogP contribution in [0.3, 0.4) is 0 Å². The number of hydrogen-bond acceptors (Lipinski definition) is 4. The molecule has 1 rings (SSSR count). The van der Waals surface area contributed by atoms with Gasteiger partial charge in [0.2, 0.25) is 0 Å². The van der Waals surface area contributed by atoms with Crippen LogP contribution in [0.25, 0.3) is 0 Å². The second kappa shape index (κ2) is 3.42. The minimum absolute atomic E-state index is 0.0706. The molecule has 76 valence electrons. The molecule has 0 aromatic heterocycles. The first kappa shape index (κ1) is 10.7. The van der Waals surface area contributed by atoms with Gasteiger partial charge in [-0.15, -0.1) is 0 Å². The van der Waals surface area contributed by atoms with Gasteiger partial charge < -0.3 is 0 Å². The predicted molar refractivity (Wildman–Crippen MR) is 50.6 cm³/mol. The Bertz CT molecular complexity index is 413. The summed E-state index contributed by atoms with van der Waals surface area (Å²) in [5.74, 6) is -0.538. The molecule has 0 saturated carbocycles. The highest BCUT2D eigenvalue weighted by Crippen LogP contribution is 2.21. The maximum Gasteiger partial charge on any atom is 0.176 e. The quantitative estimate of drug-likeness (QED) is 0.683. The zero-order chi connectivity index (χ0) is 10.1. The molecular formula is C7H12O4S2. The van der Waals surface area contributed by atoms with E-state index in [0.717, 1.165) is 5.41 Å². The lowest BCUT2D eigenvalue weighted by molar-refractivity contribution is 0.590. The standard InChI is InChI=1S/C7H12O4S2/c1-2-3-7-6-12(8,9)4-5-13(7,10)11/h6H,2-5H2,1H3. The topological polar surface area (TPSA) is 68.3 Å². The van der Waals surface area contributed by atoms with Crippen molar-refractivity contribution in [3.63, 3.8) is 0 Å². The van der Waals surface area contributed by atoms with Crippen molar-refractivity contribution in [1.82, 2.24) is 0 Å². The Morgan fingerprint density at radius 3 is 2.38 bits per heavy atom. The highest BCUT2D eigenvalue weighted by atomic mass is 32.2. The SMILES string of the molecule is CCCC1=CS(=O)(=O)CCS1(=O)=O. The second-order valence-corrected chi connectivity index (χ2v) is 7.15. The van der Waals surface area contributed by atoms with Crippen molar-refractivity contribution < 1.29 is 16.8 Å². The monoisotopic (exact) mass is 224 g/mol. The Morgan fingerprint density at radius 1 is 1.23 bits per heavy atom. The van der Waals surface area contributed by atoms with Crippen LogP contribution in [0.15, 0.2) is 10.3 Å². The molecule has 0 aliphatic carbocycles. The van der Waals surface area contributed by atoms with Gasteiger partial charge in [-0.3, -0.25) is 0 Å². The molecule has 1 heterocycles. The molecule has 13 heavy (non-hydrogen) atoms. The molecule has 0 amide bonds. The molecule has 0 bridgehead atoms. The van der Waals surface area contributed by atoms with Gasteiger partial charge in [-0.2, -0.15) is 0 Å². The maximum absolute atomic E-state index is 11.3. The molecule has 0 aromatic carbocycles. The average molecular weight is 224 g/mol. The lowest BCUT2D eigenvalue weighted by Gasteiger charge is -2.12. The minimum Gasteiger partial charge on any atom is -0.224 e. The molecule has 0 spiro atoms. The first-order valence-electron chi connectivity index (χ1n) is 4.03. The summed E-state index contributed by atoms with van der Waals surface area (Å²) >= 11 is 0. The Balaban J connectivity index is 3.17. The van der Waals surface area contributed by atoms with E-state index in [1.165, 1.54) is 0 Å². The van der Waals surface area contributed by atoms with E-state index in [0.29, 0.717) is 12.8 Å². The molecule has 0 radical (unpaired) electrons. The molecule has 0 aromatic rings. The zero-order valence-corrected chi connectivity index (χ0v) is 8.99. The molecule has 1 aliphatic rings. The summed E-state index contributed by atoms with van der Waals surface area (Å²) in [6.45, 7) is 1.82. The van der Waals surface area contributed by atoms with E-state index >= 15 is 0 Å². The normalized spacial score (nSPS) is 25.2. The van der Waals surface area contributed by atoms with Crippen LogP contribution in [-0.2, 0) is 19.7 Å². The first-order chi connectivity index (χ1) is 5.87. The van der Waals surface area contributed by atoms with Crippen LogP contribution in [0.2, 0.25) is 0 Å². The van der Waals surface area contributed by atoms with Gasteiger partial charge in [-0.1, -0.05) is 13.3 Å². The molecule has 0 atom stereocenters. The van der Waals surface area contributed by atoms with Crippen molar-refractivity contribution in [2.75, 3.05) is 11.5 Å². The van der Waals surface area contributed by atoms with Crippen molar-refractivity contribution in [3.8, 4) is 0 Å². The number of rotatable bonds is 2. The third-order valence-electron chi connectivity index (χ3n) is 1.84. The summed E-state index contributed by atoms with van der Waals surface area (Å²) in [4.78, 5) is 0.0706. The summed E-state index contributed by atoms with van der Waals surface area (Å²) < 4.78 is 44.8. The molecule has 0 N–H and O–H groups in total. The summed E-state index contributed by atoms with van der Waals surface area (Å²) in [5, 5.41) is 0.912. The minimum atomic E-state index is -3.27. The lowest BCUT2D eigenvalue weighted by atomic mass is 10.3. The fourth-order valence-electron chi connectivity index (χ4n) is 1.15.